The Morgan fingerprint density at radius 3 is 2.24 bits per heavy atom. The minimum atomic E-state index is -3.67. The van der Waals surface area contributed by atoms with E-state index in [0.29, 0.717) is 5.84 Å². The fourth-order valence-corrected chi connectivity index (χ4v) is 1.90. The summed E-state index contributed by atoms with van der Waals surface area (Å²) in [5, 5.41) is 10.6. The fourth-order valence-electron chi connectivity index (χ4n) is 1.18. The topological polar surface area (TPSA) is 80.9 Å². The van der Waals surface area contributed by atoms with Crippen molar-refractivity contribution in [3.8, 4) is 0 Å². The second-order valence-corrected chi connectivity index (χ2v) is 6.27. The Balaban J connectivity index is 3.29. The first kappa shape index (κ1) is 13.8. The normalized spacial score (nSPS) is 22.6. The summed E-state index contributed by atoms with van der Waals surface area (Å²) in [5.41, 5.74) is -0.639. The molecule has 0 saturated heterocycles. The first-order valence-corrected chi connectivity index (χ1v) is 6.41. The van der Waals surface area contributed by atoms with Gasteiger partial charge in [-0.25, -0.2) is 5.01 Å². The molecule has 0 spiro atoms. The van der Waals surface area contributed by atoms with Gasteiger partial charge in [0.15, 0.2) is 5.84 Å². The summed E-state index contributed by atoms with van der Waals surface area (Å²) in [6.45, 7) is 3.65. The van der Waals surface area contributed by atoms with Gasteiger partial charge in [-0.05, 0) is 19.1 Å². The van der Waals surface area contributed by atoms with Crippen molar-refractivity contribution in [3.63, 3.8) is 0 Å². The Labute approximate surface area is 102 Å². The van der Waals surface area contributed by atoms with Crippen LogP contribution in [0.25, 0.3) is 0 Å². The van der Waals surface area contributed by atoms with Crippen LogP contribution in [0.4, 0.5) is 0 Å². The third-order valence-corrected chi connectivity index (χ3v) is 3.96. The molecule has 0 aromatic rings. The highest BCUT2D eigenvalue weighted by Crippen LogP contribution is 2.23. The molecule has 9 heteroatoms. The highest BCUT2D eigenvalue weighted by atomic mass is 32.2. The highest BCUT2D eigenvalue weighted by molar-refractivity contribution is 7.87. The molecule has 1 rings (SSSR count). The van der Waals surface area contributed by atoms with Gasteiger partial charge in [-0.3, -0.25) is 5.01 Å². The van der Waals surface area contributed by atoms with E-state index in [4.69, 9.17) is 0 Å². The van der Waals surface area contributed by atoms with Crippen LogP contribution in [-0.2, 0) is 10.2 Å². The number of likely N-dealkylation sites (N-methyl/N-ethyl adjacent to an activating group) is 2. The summed E-state index contributed by atoms with van der Waals surface area (Å²) in [6, 6.07) is 0. The lowest BCUT2D eigenvalue weighted by atomic mass is 10.0. The molecule has 0 amide bonds. The van der Waals surface area contributed by atoms with E-state index < -0.39 is 15.7 Å². The van der Waals surface area contributed by atoms with Crippen LogP contribution in [0.5, 0.6) is 0 Å². The van der Waals surface area contributed by atoms with Gasteiger partial charge < -0.3 is 0 Å². The number of amidine groups is 1. The van der Waals surface area contributed by atoms with E-state index in [1.807, 2.05) is 13.8 Å². The maximum absolute atomic E-state index is 11.8. The summed E-state index contributed by atoms with van der Waals surface area (Å²) in [5.74, 6) is 0.323. The summed E-state index contributed by atoms with van der Waals surface area (Å²) in [4.78, 5) is 0. The van der Waals surface area contributed by atoms with Crippen LogP contribution in [0.15, 0.2) is 14.8 Å². The molecule has 0 saturated carbocycles. The van der Waals surface area contributed by atoms with Crippen molar-refractivity contribution in [1.29, 1.82) is 0 Å². The SMILES string of the molecule is CN1N=NN(C)C(C)(C)C1=NS(=O)(=O)N(C)C. The molecule has 0 N–H and O–H groups in total. The molecule has 0 fully saturated rings. The van der Waals surface area contributed by atoms with Crippen molar-refractivity contribution in [1.82, 2.24) is 14.3 Å². The quantitative estimate of drug-likeness (QED) is 0.708. The van der Waals surface area contributed by atoms with Gasteiger partial charge in [0.2, 0.25) is 0 Å². The van der Waals surface area contributed by atoms with Gasteiger partial charge in [-0.1, -0.05) is 5.22 Å². The average Bonchev–Trinajstić information content (AvgIpc) is 2.19. The summed E-state index contributed by atoms with van der Waals surface area (Å²) >= 11 is 0. The Morgan fingerprint density at radius 1 is 1.24 bits per heavy atom. The second-order valence-electron chi connectivity index (χ2n) is 4.46. The molecule has 0 bridgehead atoms. The zero-order valence-electron chi connectivity index (χ0n) is 10.9. The lowest BCUT2D eigenvalue weighted by Crippen LogP contribution is -2.53. The van der Waals surface area contributed by atoms with E-state index in [2.05, 4.69) is 14.8 Å². The molecule has 0 unspecified atom stereocenters. The monoisotopic (exact) mass is 262 g/mol. The summed E-state index contributed by atoms with van der Waals surface area (Å²) < 4.78 is 28.4. The molecular weight excluding hydrogens is 244 g/mol. The van der Waals surface area contributed by atoms with E-state index in [0.717, 1.165) is 4.31 Å². The van der Waals surface area contributed by atoms with Crippen LogP contribution in [0.3, 0.4) is 0 Å². The van der Waals surface area contributed by atoms with Gasteiger partial charge >= 0.3 is 10.2 Å². The minimum absolute atomic E-state index is 0.323. The number of hydrogen-bond donors (Lipinski definition) is 0. The van der Waals surface area contributed by atoms with Crippen molar-refractivity contribution < 1.29 is 8.42 Å². The standard InChI is InChI=1S/C8H18N6O2S/c1-8(2)7(9-17(15,16)12(3)4)13(5)10-11-14(8)6/h1-6H3. The van der Waals surface area contributed by atoms with Crippen molar-refractivity contribution in [2.24, 2.45) is 14.8 Å². The predicted molar refractivity (Wildman–Crippen MR) is 64.5 cm³/mol. The molecule has 1 heterocycles. The number of hydrogen-bond acceptors (Lipinski definition) is 5. The van der Waals surface area contributed by atoms with E-state index >= 15 is 0 Å². The van der Waals surface area contributed by atoms with E-state index in [-0.39, 0.29) is 0 Å². The van der Waals surface area contributed by atoms with E-state index in [9.17, 15) is 8.42 Å². The predicted octanol–water partition coefficient (Wildman–Crippen LogP) is 0.129. The maximum atomic E-state index is 11.8. The molecule has 0 aromatic heterocycles. The Hall–Kier alpha value is -1.22. The van der Waals surface area contributed by atoms with Gasteiger partial charge in [0, 0.05) is 28.2 Å². The molecule has 98 valence electrons. The van der Waals surface area contributed by atoms with Crippen molar-refractivity contribution >= 4 is 16.0 Å². The van der Waals surface area contributed by atoms with Crippen LogP contribution >= 0.6 is 0 Å². The summed E-state index contributed by atoms with van der Waals surface area (Å²) in [7, 11) is 2.52. The zero-order chi connectivity index (χ0) is 13.4. The maximum Gasteiger partial charge on any atom is 0.323 e. The zero-order valence-corrected chi connectivity index (χ0v) is 11.7. The van der Waals surface area contributed by atoms with Gasteiger partial charge in [0.25, 0.3) is 0 Å². The van der Waals surface area contributed by atoms with Crippen LogP contribution < -0.4 is 0 Å². The van der Waals surface area contributed by atoms with E-state index in [1.54, 1.807) is 19.1 Å². The molecular formula is C8H18N6O2S. The summed E-state index contributed by atoms with van der Waals surface area (Å²) in [6.07, 6.45) is 0. The van der Waals surface area contributed by atoms with Crippen LogP contribution in [0.2, 0.25) is 0 Å². The lowest BCUT2D eigenvalue weighted by molar-refractivity contribution is 0.154. The molecule has 0 aromatic carbocycles. The molecule has 0 aliphatic carbocycles. The van der Waals surface area contributed by atoms with Gasteiger partial charge in [0.1, 0.15) is 5.54 Å². The molecule has 8 nitrogen and oxygen atoms in total. The smallest absolute Gasteiger partial charge is 0.267 e. The minimum Gasteiger partial charge on any atom is -0.267 e. The Morgan fingerprint density at radius 2 is 1.76 bits per heavy atom. The third-order valence-electron chi connectivity index (χ3n) is 2.63. The molecule has 1 aliphatic heterocycles. The van der Waals surface area contributed by atoms with Crippen molar-refractivity contribution in [2.75, 3.05) is 28.2 Å². The fraction of sp³-hybridized carbons (Fsp3) is 0.875. The van der Waals surface area contributed by atoms with Crippen LogP contribution in [-0.4, -0.2) is 62.3 Å². The van der Waals surface area contributed by atoms with Crippen LogP contribution in [0, 0.1) is 0 Å². The second kappa shape index (κ2) is 4.22. The van der Waals surface area contributed by atoms with E-state index in [1.165, 1.54) is 19.1 Å². The molecule has 0 radical (unpaired) electrons. The Kier molecular flexibility index (Phi) is 3.44. The number of rotatable bonds is 2. The molecule has 17 heavy (non-hydrogen) atoms. The van der Waals surface area contributed by atoms with Crippen molar-refractivity contribution in [2.45, 2.75) is 19.4 Å². The molecule has 1 aliphatic rings. The van der Waals surface area contributed by atoms with Gasteiger partial charge in [-0.15, -0.1) is 4.40 Å². The van der Waals surface area contributed by atoms with Crippen LogP contribution in [0.1, 0.15) is 13.8 Å². The van der Waals surface area contributed by atoms with Crippen molar-refractivity contribution in [3.05, 3.63) is 0 Å². The number of nitrogens with zero attached hydrogens (tertiary/aromatic N) is 6. The first-order valence-electron chi connectivity index (χ1n) is 5.01. The van der Waals surface area contributed by atoms with Gasteiger partial charge in [-0.2, -0.15) is 12.7 Å². The highest BCUT2D eigenvalue weighted by Gasteiger charge is 2.37. The Bertz CT molecular complexity index is 453. The average molecular weight is 262 g/mol. The third kappa shape index (κ3) is 2.55. The first-order chi connectivity index (χ1) is 7.59. The van der Waals surface area contributed by atoms with Gasteiger partial charge in [0.05, 0.1) is 0 Å². The lowest BCUT2D eigenvalue weighted by Gasteiger charge is -2.38. The largest absolute Gasteiger partial charge is 0.323 e. The molecule has 0 atom stereocenters.